The van der Waals surface area contributed by atoms with Crippen molar-refractivity contribution < 1.29 is 14.6 Å². The predicted octanol–water partition coefficient (Wildman–Crippen LogP) is 1.83. The van der Waals surface area contributed by atoms with Gasteiger partial charge in [-0.25, -0.2) is 4.79 Å². The van der Waals surface area contributed by atoms with Gasteiger partial charge in [0.25, 0.3) is 0 Å². The topological polar surface area (TPSA) is 46.5 Å². The van der Waals surface area contributed by atoms with Gasteiger partial charge in [0.15, 0.2) is 6.10 Å². The highest BCUT2D eigenvalue weighted by Crippen LogP contribution is 2.02. The number of rotatable bonds is 7. The van der Waals surface area contributed by atoms with Gasteiger partial charge in [0, 0.05) is 0 Å². The van der Waals surface area contributed by atoms with Crippen molar-refractivity contribution in [3.05, 3.63) is 12.7 Å². The van der Waals surface area contributed by atoms with E-state index in [0.717, 1.165) is 6.42 Å². The molecule has 0 amide bonds. The molecule has 0 rings (SSSR count). The van der Waals surface area contributed by atoms with E-state index in [0.29, 0.717) is 19.4 Å². The van der Waals surface area contributed by atoms with Crippen molar-refractivity contribution in [3.63, 3.8) is 0 Å². The molecule has 0 aliphatic rings. The summed E-state index contributed by atoms with van der Waals surface area (Å²) in [5, 5.41) is 8.65. The first kappa shape index (κ1) is 11.2. The highest BCUT2D eigenvalue weighted by Gasteiger charge is 2.15. The molecule has 1 unspecified atom stereocenters. The van der Waals surface area contributed by atoms with Crippen molar-refractivity contribution in [2.45, 2.75) is 32.3 Å². The van der Waals surface area contributed by atoms with Crippen LogP contribution in [-0.4, -0.2) is 23.8 Å². The van der Waals surface area contributed by atoms with Gasteiger partial charge >= 0.3 is 5.97 Å². The SMILES string of the molecule is C=CCCOC(CCC)C(=O)O. The number of ether oxygens (including phenoxy) is 1. The largest absolute Gasteiger partial charge is 0.479 e. The first-order valence-electron chi connectivity index (χ1n) is 4.17. The summed E-state index contributed by atoms with van der Waals surface area (Å²) in [4.78, 5) is 10.5. The number of hydrogen-bond donors (Lipinski definition) is 1. The second kappa shape index (κ2) is 6.85. The molecule has 0 spiro atoms. The molecular weight excluding hydrogens is 156 g/mol. The van der Waals surface area contributed by atoms with Crippen LogP contribution in [0.15, 0.2) is 12.7 Å². The normalized spacial score (nSPS) is 12.4. The summed E-state index contributed by atoms with van der Waals surface area (Å²) in [7, 11) is 0. The summed E-state index contributed by atoms with van der Waals surface area (Å²) in [6, 6.07) is 0. The zero-order valence-electron chi connectivity index (χ0n) is 7.45. The fourth-order valence-corrected chi connectivity index (χ4v) is 0.834. The molecule has 12 heavy (non-hydrogen) atoms. The molecule has 0 aromatic heterocycles. The fourth-order valence-electron chi connectivity index (χ4n) is 0.834. The smallest absolute Gasteiger partial charge is 0.332 e. The van der Waals surface area contributed by atoms with Crippen molar-refractivity contribution in [2.75, 3.05) is 6.61 Å². The molecule has 0 aliphatic heterocycles. The maximum absolute atomic E-state index is 10.5. The predicted molar refractivity (Wildman–Crippen MR) is 47.1 cm³/mol. The number of carboxylic acid groups (broad SMARTS) is 1. The Hall–Kier alpha value is -0.830. The summed E-state index contributed by atoms with van der Waals surface area (Å²) in [6.07, 6.45) is 3.17. The summed E-state index contributed by atoms with van der Waals surface area (Å²) in [6.45, 7) is 5.90. The van der Waals surface area contributed by atoms with Gasteiger partial charge < -0.3 is 9.84 Å². The minimum atomic E-state index is -0.874. The minimum absolute atomic E-state index is 0.445. The van der Waals surface area contributed by atoms with Crippen LogP contribution in [0.5, 0.6) is 0 Å². The van der Waals surface area contributed by atoms with E-state index in [-0.39, 0.29) is 0 Å². The molecule has 0 aromatic rings. The summed E-state index contributed by atoms with van der Waals surface area (Å²) in [5.74, 6) is -0.874. The third-order valence-corrected chi connectivity index (χ3v) is 1.47. The standard InChI is InChI=1S/C9H16O3/c1-3-5-7-12-8(6-4-2)9(10)11/h3,8H,1,4-7H2,2H3,(H,10,11). The summed E-state index contributed by atoms with van der Waals surface area (Å²) >= 11 is 0. The Balaban J connectivity index is 3.63. The first-order chi connectivity index (χ1) is 5.72. The molecule has 0 fully saturated rings. The zero-order valence-corrected chi connectivity index (χ0v) is 7.45. The van der Waals surface area contributed by atoms with Gasteiger partial charge in [-0.2, -0.15) is 0 Å². The van der Waals surface area contributed by atoms with Crippen LogP contribution >= 0.6 is 0 Å². The van der Waals surface area contributed by atoms with Crippen LogP contribution in [0.4, 0.5) is 0 Å². The van der Waals surface area contributed by atoms with Gasteiger partial charge in [-0.05, 0) is 12.8 Å². The lowest BCUT2D eigenvalue weighted by molar-refractivity contribution is -0.150. The van der Waals surface area contributed by atoms with Crippen molar-refractivity contribution in [1.29, 1.82) is 0 Å². The van der Waals surface area contributed by atoms with E-state index in [1.807, 2.05) is 6.92 Å². The molecule has 0 heterocycles. The molecule has 3 heteroatoms. The molecule has 0 bridgehead atoms. The molecular formula is C9H16O3. The lowest BCUT2D eigenvalue weighted by Gasteiger charge is -2.11. The summed E-state index contributed by atoms with van der Waals surface area (Å²) < 4.78 is 5.11. The van der Waals surface area contributed by atoms with Gasteiger partial charge in [-0.1, -0.05) is 19.4 Å². The quantitative estimate of drug-likeness (QED) is 0.470. The van der Waals surface area contributed by atoms with Gasteiger partial charge in [0.1, 0.15) is 0 Å². The molecule has 1 atom stereocenters. The van der Waals surface area contributed by atoms with E-state index in [4.69, 9.17) is 9.84 Å². The van der Waals surface area contributed by atoms with Gasteiger partial charge in [-0.15, -0.1) is 6.58 Å². The van der Waals surface area contributed by atoms with Crippen molar-refractivity contribution in [3.8, 4) is 0 Å². The molecule has 0 radical (unpaired) electrons. The fraction of sp³-hybridized carbons (Fsp3) is 0.667. The average molecular weight is 172 g/mol. The number of carboxylic acids is 1. The molecule has 0 aliphatic carbocycles. The van der Waals surface area contributed by atoms with Crippen molar-refractivity contribution in [1.82, 2.24) is 0 Å². The summed E-state index contributed by atoms with van der Waals surface area (Å²) in [5.41, 5.74) is 0. The number of aliphatic carboxylic acids is 1. The molecule has 0 aromatic carbocycles. The van der Waals surface area contributed by atoms with Crippen molar-refractivity contribution >= 4 is 5.97 Å². The van der Waals surface area contributed by atoms with Crippen LogP contribution in [0.3, 0.4) is 0 Å². The Morgan fingerprint density at radius 1 is 1.75 bits per heavy atom. The Morgan fingerprint density at radius 2 is 2.42 bits per heavy atom. The monoisotopic (exact) mass is 172 g/mol. The zero-order chi connectivity index (χ0) is 9.40. The third kappa shape index (κ3) is 4.91. The molecule has 0 saturated carbocycles. The third-order valence-electron chi connectivity index (χ3n) is 1.47. The Kier molecular flexibility index (Phi) is 6.38. The van der Waals surface area contributed by atoms with E-state index in [1.54, 1.807) is 6.08 Å². The van der Waals surface area contributed by atoms with E-state index in [2.05, 4.69) is 6.58 Å². The number of carbonyl (C=O) groups is 1. The first-order valence-corrected chi connectivity index (χ1v) is 4.17. The maximum Gasteiger partial charge on any atom is 0.332 e. The van der Waals surface area contributed by atoms with E-state index in [9.17, 15) is 4.79 Å². The second-order valence-electron chi connectivity index (χ2n) is 2.56. The van der Waals surface area contributed by atoms with Crippen LogP contribution in [0.1, 0.15) is 26.2 Å². The van der Waals surface area contributed by atoms with E-state index in [1.165, 1.54) is 0 Å². The van der Waals surface area contributed by atoms with Crippen LogP contribution in [0.2, 0.25) is 0 Å². The maximum atomic E-state index is 10.5. The van der Waals surface area contributed by atoms with E-state index >= 15 is 0 Å². The average Bonchev–Trinajstić information content (AvgIpc) is 2.03. The van der Waals surface area contributed by atoms with Gasteiger partial charge in [-0.3, -0.25) is 0 Å². The Bertz CT molecular complexity index is 143. The van der Waals surface area contributed by atoms with Gasteiger partial charge in [0.2, 0.25) is 0 Å². The van der Waals surface area contributed by atoms with Crippen LogP contribution in [0, 0.1) is 0 Å². The lowest BCUT2D eigenvalue weighted by atomic mass is 10.2. The Labute approximate surface area is 73.0 Å². The molecule has 0 saturated heterocycles. The highest BCUT2D eigenvalue weighted by molar-refractivity contribution is 5.72. The molecule has 1 N–H and O–H groups in total. The van der Waals surface area contributed by atoms with Crippen LogP contribution in [0.25, 0.3) is 0 Å². The highest BCUT2D eigenvalue weighted by atomic mass is 16.5. The number of hydrogen-bond acceptors (Lipinski definition) is 2. The molecule has 70 valence electrons. The Morgan fingerprint density at radius 3 is 2.83 bits per heavy atom. The minimum Gasteiger partial charge on any atom is -0.479 e. The van der Waals surface area contributed by atoms with Crippen LogP contribution in [-0.2, 0) is 9.53 Å². The van der Waals surface area contributed by atoms with Gasteiger partial charge in [0.05, 0.1) is 6.61 Å². The second-order valence-corrected chi connectivity index (χ2v) is 2.56. The van der Waals surface area contributed by atoms with Crippen LogP contribution < -0.4 is 0 Å². The molecule has 3 nitrogen and oxygen atoms in total. The van der Waals surface area contributed by atoms with Crippen molar-refractivity contribution in [2.24, 2.45) is 0 Å². The lowest BCUT2D eigenvalue weighted by Crippen LogP contribution is -2.23. The van der Waals surface area contributed by atoms with E-state index < -0.39 is 12.1 Å².